The Hall–Kier alpha value is -0.660. The molecule has 1 aromatic rings. The quantitative estimate of drug-likeness (QED) is 0.623. The van der Waals surface area contributed by atoms with E-state index in [1.807, 2.05) is 18.3 Å². The molecule has 2 rings (SSSR count). The van der Waals surface area contributed by atoms with Gasteiger partial charge in [-0.3, -0.25) is 4.67 Å². The van der Waals surface area contributed by atoms with Gasteiger partial charge < -0.3 is 4.90 Å². The first-order valence-electron chi connectivity index (χ1n) is 4.52. The summed E-state index contributed by atoms with van der Waals surface area (Å²) >= 11 is 0. The van der Waals surface area contributed by atoms with E-state index in [1.54, 1.807) is 0 Å². The smallest absolute Gasteiger partial charge is 0.128 e. The Bertz CT molecular complexity index is 257. The van der Waals surface area contributed by atoms with Gasteiger partial charge in [0.05, 0.1) is 0 Å². The number of piperazine rings is 1. The maximum absolute atomic E-state index is 4.33. The van der Waals surface area contributed by atoms with Gasteiger partial charge in [0, 0.05) is 32.4 Å². The highest BCUT2D eigenvalue weighted by Gasteiger charge is 2.14. The number of rotatable bonds is 1. The molecule has 0 bridgehead atoms. The first-order valence-corrected chi connectivity index (χ1v) is 5.03. The number of anilines is 1. The van der Waals surface area contributed by atoms with Crippen molar-refractivity contribution in [3.05, 3.63) is 24.4 Å². The highest BCUT2D eigenvalue weighted by molar-refractivity contribution is 7.13. The van der Waals surface area contributed by atoms with Gasteiger partial charge in [-0.25, -0.2) is 4.98 Å². The molecule has 1 saturated heterocycles. The largest absolute Gasteiger partial charge is 0.354 e. The summed E-state index contributed by atoms with van der Waals surface area (Å²) in [5.74, 6) is 1.10. The molecule has 1 atom stereocenters. The van der Waals surface area contributed by atoms with Gasteiger partial charge in [-0.1, -0.05) is 15.5 Å². The molecule has 1 aliphatic rings. The number of hydrogen-bond acceptors (Lipinski definition) is 3. The zero-order chi connectivity index (χ0) is 9.10. The summed E-state index contributed by atoms with van der Waals surface area (Å²) in [7, 11) is 2.75. The molecule has 13 heavy (non-hydrogen) atoms. The average molecular weight is 195 g/mol. The fraction of sp³-hybridized carbons (Fsp3) is 0.444. The topological polar surface area (TPSA) is 19.4 Å². The molecule has 1 unspecified atom stereocenters. The van der Waals surface area contributed by atoms with Crippen LogP contribution in [0.1, 0.15) is 0 Å². The van der Waals surface area contributed by atoms with Crippen molar-refractivity contribution in [2.45, 2.75) is 0 Å². The van der Waals surface area contributed by atoms with Crippen LogP contribution in [0.5, 0.6) is 0 Å². The molecule has 0 amide bonds. The number of aromatic nitrogens is 1. The van der Waals surface area contributed by atoms with Gasteiger partial charge in [0.2, 0.25) is 0 Å². The minimum atomic E-state index is 1.07. The molecule has 1 aromatic heterocycles. The molecule has 1 aliphatic heterocycles. The van der Waals surface area contributed by atoms with E-state index in [4.69, 9.17) is 0 Å². The monoisotopic (exact) mass is 195 g/mol. The lowest BCUT2D eigenvalue weighted by Gasteiger charge is -2.32. The fourth-order valence-corrected chi connectivity index (χ4v) is 1.72. The van der Waals surface area contributed by atoms with E-state index >= 15 is 0 Å². The van der Waals surface area contributed by atoms with Crippen LogP contribution in [-0.4, -0.2) is 35.8 Å². The third-order valence-corrected chi connectivity index (χ3v) is 2.80. The molecule has 0 spiro atoms. The standard InChI is InChI=1S/C9H14N3P/c13-12-7-5-11(6-8-12)9-3-1-2-4-10-9/h1-4H,5-8,13H2. The highest BCUT2D eigenvalue weighted by atomic mass is 31.0. The SMILES string of the molecule is PN1CCN(c2ccccn2)CC1. The molecule has 3 nitrogen and oxygen atoms in total. The third-order valence-electron chi connectivity index (χ3n) is 2.29. The van der Waals surface area contributed by atoms with Crippen LogP contribution in [0.3, 0.4) is 0 Å². The van der Waals surface area contributed by atoms with Gasteiger partial charge in [-0.15, -0.1) is 0 Å². The van der Waals surface area contributed by atoms with Crippen molar-refractivity contribution in [3.63, 3.8) is 0 Å². The van der Waals surface area contributed by atoms with Crippen LogP contribution in [0.15, 0.2) is 24.4 Å². The Morgan fingerprint density at radius 3 is 2.54 bits per heavy atom. The van der Waals surface area contributed by atoms with Crippen molar-refractivity contribution in [2.24, 2.45) is 0 Å². The van der Waals surface area contributed by atoms with Crippen molar-refractivity contribution in [2.75, 3.05) is 31.1 Å². The molecule has 0 saturated carbocycles. The van der Waals surface area contributed by atoms with E-state index in [2.05, 4.69) is 30.0 Å². The van der Waals surface area contributed by atoms with E-state index in [0.717, 1.165) is 32.0 Å². The van der Waals surface area contributed by atoms with Crippen LogP contribution in [0, 0.1) is 0 Å². The summed E-state index contributed by atoms with van der Waals surface area (Å²) in [5.41, 5.74) is 0. The summed E-state index contributed by atoms with van der Waals surface area (Å²) in [4.78, 5) is 6.65. The van der Waals surface area contributed by atoms with E-state index in [-0.39, 0.29) is 0 Å². The van der Waals surface area contributed by atoms with Crippen molar-refractivity contribution in [3.8, 4) is 0 Å². The van der Waals surface area contributed by atoms with Gasteiger partial charge in [-0.05, 0) is 12.1 Å². The van der Waals surface area contributed by atoms with Gasteiger partial charge in [0.25, 0.3) is 0 Å². The Morgan fingerprint density at radius 1 is 1.15 bits per heavy atom. The summed E-state index contributed by atoms with van der Waals surface area (Å²) < 4.78 is 2.26. The molecule has 1 fully saturated rings. The van der Waals surface area contributed by atoms with E-state index in [1.165, 1.54) is 0 Å². The Labute approximate surface area is 81.0 Å². The van der Waals surface area contributed by atoms with Crippen LogP contribution in [0.4, 0.5) is 5.82 Å². The summed E-state index contributed by atoms with van der Waals surface area (Å²) in [5, 5.41) is 0. The minimum Gasteiger partial charge on any atom is -0.354 e. The second-order valence-corrected chi connectivity index (χ2v) is 3.94. The molecule has 0 N–H and O–H groups in total. The van der Waals surface area contributed by atoms with Crippen molar-refractivity contribution < 1.29 is 0 Å². The van der Waals surface area contributed by atoms with Gasteiger partial charge in [-0.2, -0.15) is 0 Å². The fourth-order valence-electron chi connectivity index (χ4n) is 1.49. The molecule has 0 radical (unpaired) electrons. The summed E-state index contributed by atoms with van der Waals surface area (Å²) in [6.45, 7) is 4.34. The Morgan fingerprint density at radius 2 is 1.92 bits per heavy atom. The van der Waals surface area contributed by atoms with Gasteiger partial charge >= 0.3 is 0 Å². The van der Waals surface area contributed by atoms with Crippen molar-refractivity contribution in [1.82, 2.24) is 9.65 Å². The molecular weight excluding hydrogens is 181 g/mol. The van der Waals surface area contributed by atoms with Crippen LogP contribution < -0.4 is 4.90 Å². The van der Waals surface area contributed by atoms with E-state index in [9.17, 15) is 0 Å². The predicted molar refractivity (Wildman–Crippen MR) is 57.7 cm³/mol. The first kappa shape index (κ1) is 8.92. The van der Waals surface area contributed by atoms with Crippen LogP contribution in [0.2, 0.25) is 0 Å². The lowest BCUT2D eigenvalue weighted by molar-refractivity contribution is 0.427. The summed E-state index contributed by atoms with van der Waals surface area (Å²) in [6.07, 6.45) is 1.85. The van der Waals surface area contributed by atoms with E-state index in [0.29, 0.717) is 0 Å². The molecule has 0 aromatic carbocycles. The maximum Gasteiger partial charge on any atom is 0.128 e. The molecule has 4 heteroatoms. The Balaban J connectivity index is 2.03. The summed E-state index contributed by atoms with van der Waals surface area (Å²) in [6, 6.07) is 6.06. The zero-order valence-electron chi connectivity index (χ0n) is 7.56. The lowest BCUT2D eigenvalue weighted by atomic mass is 10.3. The maximum atomic E-state index is 4.33. The minimum absolute atomic E-state index is 1.07. The molecule has 0 aliphatic carbocycles. The third kappa shape index (κ3) is 2.17. The zero-order valence-corrected chi connectivity index (χ0v) is 8.71. The lowest BCUT2D eigenvalue weighted by Crippen LogP contribution is -2.42. The normalized spacial score (nSPS) is 19.0. The highest BCUT2D eigenvalue weighted by Crippen LogP contribution is 2.13. The van der Waals surface area contributed by atoms with Crippen LogP contribution >= 0.6 is 9.39 Å². The first-order chi connectivity index (χ1) is 6.36. The second kappa shape index (κ2) is 4.03. The van der Waals surface area contributed by atoms with Gasteiger partial charge in [0.15, 0.2) is 0 Å². The van der Waals surface area contributed by atoms with Gasteiger partial charge in [0.1, 0.15) is 5.82 Å². The molecule has 70 valence electrons. The van der Waals surface area contributed by atoms with Crippen molar-refractivity contribution >= 4 is 15.2 Å². The predicted octanol–water partition coefficient (Wildman–Crippen LogP) is 0.994. The number of nitrogens with zero attached hydrogens (tertiary/aromatic N) is 3. The molecular formula is C9H14N3P. The van der Waals surface area contributed by atoms with Crippen molar-refractivity contribution in [1.29, 1.82) is 0 Å². The Kier molecular flexibility index (Phi) is 2.77. The number of pyridine rings is 1. The second-order valence-electron chi connectivity index (χ2n) is 3.21. The van der Waals surface area contributed by atoms with Crippen LogP contribution in [0.25, 0.3) is 0 Å². The molecule has 2 heterocycles. The van der Waals surface area contributed by atoms with E-state index < -0.39 is 0 Å². The average Bonchev–Trinajstić information content (AvgIpc) is 2.20. The van der Waals surface area contributed by atoms with Crippen LogP contribution in [-0.2, 0) is 0 Å². The number of hydrogen-bond donors (Lipinski definition) is 0.